The maximum atomic E-state index is 5.40. The number of ether oxygens (including phenoxy) is 1. The van der Waals surface area contributed by atoms with Gasteiger partial charge in [0.05, 0.1) is 4.21 Å². The number of anilines is 1. The Morgan fingerprint density at radius 3 is 3.06 bits per heavy atom. The molecule has 5 nitrogen and oxygen atoms in total. The van der Waals surface area contributed by atoms with Gasteiger partial charge in [0.15, 0.2) is 5.82 Å². The van der Waals surface area contributed by atoms with Gasteiger partial charge in [-0.05, 0) is 18.4 Å². The van der Waals surface area contributed by atoms with Gasteiger partial charge in [0.2, 0.25) is 0 Å². The molecule has 0 amide bonds. The number of aromatic nitrogens is 2. The summed E-state index contributed by atoms with van der Waals surface area (Å²) in [6.07, 6.45) is 0. The molecule has 3 N–H and O–H groups in total. The number of nitrogens with one attached hydrogen (secondary N) is 1. The number of nitrogens with two attached hydrogens (primary N) is 1. The van der Waals surface area contributed by atoms with Crippen molar-refractivity contribution >= 4 is 28.9 Å². The SMILES string of the molecule is CCOCc1nc(NN)cc(Sc2cccs2)n1. The average molecular weight is 282 g/mol. The third-order valence-corrected chi connectivity index (χ3v) is 3.99. The summed E-state index contributed by atoms with van der Waals surface area (Å²) in [5.41, 5.74) is 2.55. The molecule has 0 aliphatic carbocycles. The predicted molar refractivity (Wildman–Crippen MR) is 73.6 cm³/mol. The van der Waals surface area contributed by atoms with Gasteiger partial charge in [0.1, 0.15) is 17.5 Å². The Morgan fingerprint density at radius 2 is 2.39 bits per heavy atom. The van der Waals surface area contributed by atoms with Gasteiger partial charge in [0, 0.05) is 12.7 Å². The van der Waals surface area contributed by atoms with E-state index in [4.69, 9.17) is 10.6 Å². The molecule has 2 heterocycles. The maximum Gasteiger partial charge on any atom is 0.157 e. The van der Waals surface area contributed by atoms with Gasteiger partial charge in [-0.3, -0.25) is 0 Å². The molecule has 2 aromatic rings. The van der Waals surface area contributed by atoms with Gasteiger partial charge < -0.3 is 10.2 Å². The molecule has 0 unspecified atom stereocenters. The number of thiophene rings is 1. The van der Waals surface area contributed by atoms with Crippen LogP contribution in [0.25, 0.3) is 0 Å². The minimum Gasteiger partial charge on any atom is -0.374 e. The topological polar surface area (TPSA) is 73.1 Å². The van der Waals surface area contributed by atoms with E-state index in [1.54, 1.807) is 23.1 Å². The second kappa shape index (κ2) is 6.69. The fourth-order valence-corrected chi connectivity index (χ4v) is 3.02. The van der Waals surface area contributed by atoms with Crippen LogP contribution in [0.4, 0.5) is 5.82 Å². The first-order chi connectivity index (χ1) is 8.81. The normalized spacial score (nSPS) is 10.6. The third-order valence-electron chi connectivity index (χ3n) is 2.03. The minimum atomic E-state index is 0.393. The van der Waals surface area contributed by atoms with Gasteiger partial charge in [-0.2, -0.15) is 0 Å². The van der Waals surface area contributed by atoms with Crippen LogP contribution in [0.3, 0.4) is 0 Å². The van der Waals surface area contributed by atoms with Crippen molar-refractivity contribution in [2.24, 2.45) is 5.84 Å². The molecule has 0 aliphatic heterocycles. The Balaban J connectivity index is 2.17. The molecule has 96 valence electrons. The lowest BCUT2D eigenvalue weighted by Gasteiger charge is -2.06. The zero-order chi connectivity index (χ0) is 12.8. The van der Waals surface area contributed by atoms with E-state index in [-0.39, 0.29) is 0 Å². The molecule has 0 aromatic carbocycles. The number of hydrogen-bond donors (Lipinski definition) is 2. The predicted octanol–water partition coefficient (Wildman–Crippen LogP) is 2.51. The molecule has 18 heavy (non-hydrogen) atoms. The van der Waals surface area contributed by atoms with Crippen molar-refractivity contribution < 1.29 is 4.74 Å². The summed E-state index contributed by atoms with van der Waals surface area (Å²) >= 11 is 3.26. The van der Waals surface area contributed by atoms with Crippen LogP contribution in [0.2, 0.25) is 0 Å². The fraction of sp³-hybridized carbons (Fsp3) is 0.273. The van der Waals surface area contributed by atoms with E-state index >= 15 is 0 Å². The van der Waals surface area contributed by atoms with E-state index in [0.29, 0.717) is 24.9 Å². The van der Waals surface area contributed by atoms with Gasteiger partial charge >= 0.3 is 0 Å². The molecule has 0 saturated carbocycles. The molecule has 0 saturated heterocycles. The number of rotatable bonds is 6. The Kier molecular flexibility index (Phi) is 4.94. The lowest BCUT2D eigenvalue weighted by atomic mass is 10.5. The van der Waals surface area contributed by atoms with E-state index in [1.807, 2.05) is 24.4 Å². The maximum absolute atomic E-state index is 5.40. The second-order valence-corrected chi connectivity index (χ2v) is 5.59. The number of nitrogen functional groups attached to an aromatic ring is 1. The molecular formula is C11H14N4OS2. The lowest BCUT2D eigenvalue weighted by molar-refractivity contribution is 0.128. The highest BCUT2D eigenvalue weighted by Gasteiger charge is 2.06. The van der Waals surface area contributed by atoms with Gasteiger partial charge in [-0.1, -0.05) is 17.8 Å². The van der Waals surface area contributed by atoms with Crippen molar-refractivity contribution in [2.75, 3.05) is 12.0 Å². The third kappa shape index (κ3) is 3.67. The summed E-state index contributed by atoms with van der Waals surface area (Å²) in [7, 11) is 0. The first-order valence-corrected chi connectivity index (χ1v) is 7.15. The van der Waals surface area contributed by atoms with Crippen LogP contribution in [0, 0.1) is 0 Å². The van der Waals surface area contributed by atoms with Crippen molar-refractivity contribution in [2.45, 2.75) is 22.8 Å². The summed E-state index contributed by atoms with van der Waals surface area (Å²) in [4.78, 5) is 8.67. The monoisotopic (exact) mass is 282 g/mol. The zero-order valence-corrected chi connectivity index (χ0v) is 11.6. The molecule has 0 radical (unpaired) electrons. The number of hydrogen-bond acceptors (Lipinski definition) is 7. The molecule has 2 aromatic heterocycles. The smallest absolute Gasteiger partial charge is 0.157 e. The van der Waals surface area contributed by atoms with Crippen LogP contribution in [-0.4, -0.2) is 16.6 Å². The number of nitrogens with zero attached hydrogens (tertiary/aromatic N) is 2. The molecule has 0 fully saturated rings. The molecule has 0 atom stereocenters. The highest BCUT2D eigenvalue weighted by Crippen LogP contribution is 2.30. The molecular weight excluding hydrogens is 268 g/mol. The van der Waals surface area contributed by atoms with E-state index in [0.717, 1.165) is 5.03 Å². The van der Waals surface area contributed by atoms with Crippen LogP contribution in [0.15, 0.2) is 32.8 Å². The van der Waals surface area contributed by atoms with E-state index < -0.39 is 0 Å². The van der Waals surface area contributed by atoms with Gasteiger partial charge in [-0.25, -0.2) is 15.8 Å². The van der Waals surface area contributed by atoms with Crippen molar-refractivity contribution in [1.82, 2.24) is 9.97 Å². The highest BCUT2D eigenvalue weighted by molar-refractivity contribution is 8.01. The van der Waals surface area contributed by atoms with Crippen LogP contribution in [-0.2, 0) is 11.3 Å². The molecule has 2 rings (SSSR count). The Morgan fingerprint density at radius 1 is 1.50 bits per heavy atom. The summed E-state index contributed by atoms with van der Waals surface area (Å²) < 4.78 is 6.49. The largest absolute Gasteiger partial charge is 0.374 e. The second-order valence-electron chi connectivity index (χ2n) is 3.32. The van der Waals surface area contributed by atoms with E-state index in [9.17, 15) is 0 Å². The first kappa shape index (κ1) is 13.3. The quantitative estimate of drug-likeness (QED) is 0.482. The molecule has 0 aliphatic rings. The van der Waals surface area contributed by atoms with Crippen molar-refractivity contribution in [3.05, 3.63) is 29.4 Å². The minimum absolute atomic E-state index is 0.393. The summed E-state index contributed by atoms with van der Waals surface area (Å²) in [6, 6.07) is 5.88. The average Bonchev–Trinajstić information content (AvgIpc) is 2.89. The van der Waals surface area contributed by atoms with E-state index in [2.05, 4.69) is 21.5 Å². The lowest BCUT2D eigenvalue weighted by Crippen LogP contribution is -2.11. The first-order valence-electron chi connectivity index (χ1n) is 5.45. The van der Waals surface area contributed by atoms with Crippen LogP contribution in [0.1, 0.15) is 12.7 Å². The van der Waals surface area contributed by atoms with Crippen molar-refractivity contribution in [1.29, 1.82) is 0 Å². The zero-order valence-electron chi connectivity index (χ0n) is 9.92. The highest BCUT2D eigenvalue weighted by atomic mass is 32.2. The Labute approximate surface area is 114 Å². The standard InChI is InChI=1S/C11H14N4OS2/c1-2-16-7-9-13-8(15-12)6-10(14-9)18-11-4-3-5-17-11/h3-6H,2,7,12H2,1H3,(H,13,14,15). The van der Waals surface area contributed by atoms with Crippen LogP contribution >= 0.6 is 23.1 Å². The summed E-state index contributed by atoms with van der Waals surface area (Å²) in [5, 5.41) is 2.89. The van der Waals surface area contributed by atoms with Crippen LogP contribution in [0.5, 0.6) is 0 Å². The van der Waals surface area contributed by atoms with Gasteiger partial charge in [-0.15, -0.1) is 11.3 Å². The Hall–Kier alpha value is -1.15. The number of hydrazine groups is 1. The Bertz CT molecular complexity index is 490. The molecule has 0 bridgehead atoms. The molecule has 0 spiro atoms. The van der Waals surface area contributed by atoms with Gasteiger partial charge in [0.25, 0.3) is 0 Å². The fourth-order valence-electron chi connectivity index (χ4n) is 1.28. The summed E-state index contributed by atoms with van der Waals surface area (Å²) in [6.45, 7) is 2.97. The van der Waals surface area contributed by atoms with Crippen molar-refractivity contribution in [3.8, 4) is 0 Å². The van der Waals surface area contributed by atoms with Crippen LogP contribution < -0.4 is 11.3 Å². The van der Waals surface area contributed by atoms with Crippen molar-refractivity contribution in [3.63, 3.8) is 0 Å². The summed E-state index contributed by atoms with van der Waals surface area (Å²) in [5.74, 6) is 6.63. The van der Waals surface area contributed by atoms with E-state index in [1.165, 1.54) is 4.21 Å². The molecule has 7 heteroatoms.